The Balaban J connectivity index is 2.50. The highest BCUT2D eigenvalue weighted by molar-refractivity contribution is 5.88. The van der Waals surface area contributed by atoms with E-state index in [-0.39, 0.29) is 18.0 Å². The minimum atomic E-state index is -1.10. The molecule has 0 saturated heterocycles. The Bertz CT molecular complexity index is 467. The smallest absolute Gasteiger partial charge is 0.339 e. The first-order valence-electron chi connectivity index (χ1n) is 6.08. The molecule has 1 aromatic heterocycles. The Morgan fingerprint density at radius 1 is 1.50 bits per heavy atom. The number of hydrogen-bond donors (Lipinski definition) is 3. The highest BCUT2D eigenvalue weighted by Gasteiger charge is 2.15. The van der Waals surface area contributed by atoms with E-state index in [4.69, 9.17) is 9.84 Å². The van der Waals surface area contributed by atoms with Crippen LogP contribution in [0.2, 0.25) is 0 Å². The van der Waals surface area contributed by atoms with Gasteiger partial charge in [-0.2, -0.15) is 0 Å². The maximum atomic E-state index is 11.7. The van der Waals surface area contributed by atoms with Crippen LogP contribution in [-0.2, 0) is 16.1 Å². The van der Waals surface area contributed by atoms with Crippen LogP contribution in [-0.4, -0.2) is 53.3 Å². The lowest BCUT2D eigenvalue weighted by Crippen LogP contribution is -2.43. The number of carboxylic acid groups (broad SMARTS) is 1. The van der Waals surface area contributed by atoms with Crippen molar-refractivity contribution in [1.82, 2.24) is 20.6 Å². The summed E-state index contributed by atoms with van der Waals surface area (Å²) in [6, 6.07) is -0.469. The van der Waals surface area contributed by atoms with Gasteiger partial charge in [0.15, 0.2) is 0 Å². The molecule has 0 spiro atoms. The molecular formula is C12H18N4O4. The van der Waals surface area contributed by atoms with Gasteiger partial charge in [0.05, 0.1) is 18.3 Å². The highest BCUT2D eigenvalue weighted by Crippen LogP contribution is 2.03. The summed E-state index contributed by atoms with van der Waals surface area (Å²) in [5.41, 5.74) is 0.357. The maximum absolute atomic E-state index is 11.7. The van der Waals surface area contributed by atoms with Crippen LogP contribution in [0.4, 0.5) is 0 Å². The number of methoxy groups -OCH3 is 1. The van der Waals surface area contributed by atoms with E-state index in [0.717, 1.165) is 0 Å². The van der Waals surface area contributed by atoms with Crippen LogP contribution in [0.3, 0.4) is 0 Å². The molecule has 0 saturated carbocycles. The second-order valence-corrected chi connectivity index (χ2v) is 4.07. The topological polar surface area (TPSA) is 113 Å². The average Bonchev–Trinajstić information content (AvgIpc) is 2.45. The quantitative estimate of drug-likeness (QED) is 0.546. The molecule has 1 unspecified atom stereocenters. The Labute approximate surface area is 116 Å². The summed E-state index contributed by atoms with van der Waals surface area (Å²) in [7, 11) is 1.55. The molecule has 0 radical (unpaired) electrons. The van der Waals surface area contributed by atoms with Crippen molar-refractivity contribution >= 4 is 11.9 Å². The van der Waals surface area contributed by atoms with E-state index in [1.807, 2.05) is 0 Å². The molecule has 1 atom stereocenters. The van der Waals surface area contributed by atoms with Crippen LogP contribution in [0.1, 0.15) is 23.0 Å². The van der Waals surface area contributed by atoms with Crippen molar-refractivity contribution in [2.45, 2.75) is 19.5 Å². The first-order valence-corrected chi connectivity index (χ1v) is 6.08. The molecule has 1 rings (SSSR count). The second kappa shape index (κ2) is 8.18. The van der Waals surface area contributed by atoms with Gasteiger partial charge in [-0.1, -0.05) is 0 Å². The zero-order valence-corrected chi connectivity index (χ0v) is 11.4. The van der Waals surface area contributed by atoms with Gasteiger partial charge in [0.1, 0.15) is 11.9 Å². The molecule has 0 aliphatic carbocycles. The molecule has 0 bridgehead atoms. The van der Waals surface area contributed by atoms with Gasteiger partial charge in [-0.25, -0.2) is 14.8 Å². The largest absolute Gasteiger partial charge is 0.478 e. The van der Waals surface area contributed by atoms with Crippen molar-refractivity contribution in [3.05, 3.63) is 23.8 Å². The minimum absolute atomic E-state index is 0.0204. The number of amides is 1. The predicted octanol–water partition coefficient (Wildman–Crippen LogP) is -0.584. The number of hydrogen-bond acceptors (Lipinski definition) is 6. The zero-order valence-electron chi connectivity index (χ0n) is 11.4. The van der Waals surface area contributed by atoms with Crippen molar-refractivity contribution in [2.75, 3.05) is 20.3 Å². The lowest BCUT2D eigenvalue weighted by atomic mass is 10.2. The number of ether oxygens (including phenoxy) is 1. The van der Waals surface area contributed by atoms with Gasteiger partial charge >= 0.3 is 5.97 Å². The molecule has 110 valence electrons. The summed E-state index contributed by atoms with van der Waals surface area (Å²) in [6.45, 7) is 2.72. The van der Waals surface area contributed by atoms with Gasteiger partial charge in [0, 0.05) is 26.4 Å². The van der Waals surface area contributed by atoms with Crippen LogP contribution in [0, 0.1) is 0 Å². The molecule has 0 fully saturated rings. The lowest BCUT2D eigenvalue weighted by molar-refractivity contribution is -0.123. The summed E-state index contributed by atoms with van der Waals surface area (Å²) >= 11 is 0. The Morgan fingerprint density at radius 2 is 2.25 bits per heavy atom. The van der Waals surface area contributed by atoms with Crippen LogP contribution >= 0.6 is 0 Å². The first-order chi connectivity index (χ1) is 9.56. The van der Waals surface area contributed by atoms with Gasteiger partial charge < -0.3 is 20.5 Å². The Hall–Kier alpha value is -2.06. The van der Waals surface area contributed by atoms with E-state index in [9.17, 15) is 9.59 Å². The normalized spacial score (nSPS) is 11.9. The van der Waals surface area contributed by atoms with E-state index in [0.29, 0.717) is 18.8 Å². The third kappa shape index (κ3) is 4.90. The van der Waals surface area contributed by atoms with E-state index < -0.39 is 12.0 Å². The molecule has 0 aromatic carbocycles. The third-order valence-electron chi connectivity index (χ3n) is 2.60. The number of aromatic nitrogens is 2. The number of nitrogens with one attached hydrogen (secondary N) is 2. The number of carbonyl (C=O) groups is 2. The molecule has 0 aliphatic rings. The third-order valence-corrected chi connectivity index (χ3v) is 2.60. The maximum Gasteiger partial charge on any atom is 0.339 e. The second-order valence-electron chi connectivity index (χ2n) is 4.07. The summed E-state index contributed by atoms with van der Waals surface area (Å²) < 4.78 is 4.83. The molecule has 3 N–H and O–H groups in total. The van der Waals surface area contributed by atoms with Crippen LogP contribution in [0.5, 0.6) is 0 Å². The summed E-state index contributed by atoms with van der Waals surface area (Å²) in [4.78, 5) is 30.2. The van der Waals surface area contributed by atoms with Gasteiger partial charge in [-0.05, 0) is 6.92 Å². The number of aromatic carboxylic acids is 1. The summed E-state index contributed by atoms with van der Waals surface area (Å²) in [5, 5.41) is 14.6. The van der Waals surface area contributed by atoms with E-state index in [1.165, 1.54) is 12.5 Å². The SMILES string of the molecule is COCCNC(=O)C(C)NCc1ncncc1C(=O)O. The van der Waals surface area contributed by atoms with Gasteiger partial charge in [-0.15, -0.1) is 0 Å². The number of carbonyl (C=O) groups excluding carboxylic acids is 1. The number of carboxylic acids is 1. The lowest BCUT2D eigenvalue weighted by Gasteiger charge is -2.14. The minimum Gasteiger partial charge on any atom is -0.478 e. The van der Waals surface area contributed by atoms with Crippen molar-refractivity contribution in [3.63, 3.8) is 0 Å². The molecule has 8 heteroatoms. The average molecular weight is 282 g/mol. The summed E-state index contributed by atoms with van der Waals surface area (Å²) in [6.07, 6.45) is 2.50. The monoisotopic (exact) mass is 282 g/mol. The molecule has 8 nitrogen and oxygen atoms in total. The fourth-order valence-corrected chi connectivity index (χ4v) is 1.45. The number of rotatable bonds is 8. The van der Waals surface area contributed by atoms with Gasteiger partial charge in [0.2, 0.25) is 5.91 Å². The van der Waals surface area contributed by atoms with E-state index >= 15 is 0 Å². The standard InChI is InChI=1S/C12H18N4O4/c1-8(11(17)14-3-4-20-2)15-6-10-9(12(18)19)5-13-7-16-10/h5,7-8,15H,3-4,6H2,1-2H3,(H,14,17)(H,18,19). The van der Waals surface area contributed by atoms with Gasteiger partial charge in [0.25, 0.3) is 0 Å². The fourth-order valence-electron chi connectivity index (χ4n) is 1.45. The molecule has 1 aromatic rings. The van der Waals surface area contributed by atoms with Crippen molar-refractivity contribution in [2.24, 2.45) is 0 Å². The zero-order chi connectivity index (χ0) is 15.0. The molecule has 20 heavy (non-hydrogen) atoms. The van der Waals surface area contributed by atoms with Crippen LogP contribution in [0.25, 0.3) is 0 Å². The first kappa shape index (κ1) is 16.0. The van der Waals surface area contributed by atoms with Gasteiger partial charge in [-0.3, -0.25) is 4.79 Å². The molecule has 0 aliphatic heterocycles. The fraction of sp³-hybridized carbons (Fsp3) is 0.500. The highest BCUT2D eigenvalue weighted by atomic mass is 16.5. The van der Waals surface area contributed by atoms with E-state index in [1.54, 1.807) is 14.0 Å². The molecular weight excluding hydrogens is 264 g/mol. The van der Waals surface area contributed by atoms with Crippen molar-refractivity contribution in [1.29, 1.82) is 0 Å². The van der Waals surface area contributed by atoms with Crippen molar-refractivity contribution in [3.8, 4) is 0 Å². The van der Waals surface area contributed by atoms with Crippen LogP contribution < -0.4 is 10.6 Å². The molecule has 1 amide bonds. The number of nitrogens with zero attached hydrogens (tertiary/aromatic N) is 2. The summed E-state index contributed by atoms with van der Waals surface area (Å²) in [5.74, 6) is -1.28. The van der Waals surface area contributed by atoms with E-state index in [2.05, 4.69) is 20.6 Å². The predicted molar refractivity (Wildman–Crippen MR) is 70.2 cm³/mol. The Morgan fingerprint density at radius 3 is 2.90 bits per heavy atom. The molecule has 1 heterocycles. The van der Waals surface area contributed by atoms with Crippen molar-refractivity contribution < 1.29 is 19.4 Å². The van der Waals surface area contributed by atoms with Crippen LogP contribution in [0.15, 0.2) is 12.5 Å². The Kier molecular flexibility index (Phi) is 6.54.